The van der Waals surface area contributed by atoms with E-state index >= 15 is 0 Å². The van der Waals surface area contributed by atoms with E-state index in [2.05, 4.69) is 19.9 Å². The second-order valence-electron chi connectivity index (χ2n) is 4.30. The minimum absolute atomic E-state index is 0.313. The average molecular weight is 209 g/mol. The molecular weight excluding hydrogens is 190 g/mol. The zero-order chi connectivity index (χ0) is 10.1. The molecule has 78 valence electrons. The molecule has 1 nitrogen and oxygen atoms in total. The van der Waals surface area contributed by atoms with Gasteiger partial charge in [-0.05, 0) is 50.2 Å². The summed E-state index contributed by atoms with van der Waals surface area (Å²) >= 11 is 2.00. The van der Waals surface area contributed by atoms with Crippen molar-refractivity contribution in [1.29, 1.82) is 0 Å². The van der Waals surface area contributed by atoms with Crippen molar-refractivity contribution in [3.63, 3.8) is 0 Å². The van der Waals surface area contributed by atoms with Gasteiger partial charge in [-0.15, -0.1) is 11.3 Å². The van der Waals surface area contributed by atoms with Crippen LogP contribution < -0.4 is 5.73 Å². The molecule has 1 heterocycles. The van der Waals surface area contributed by atoms with Gasteiger partial charge in [-0.2, -0.15) is 0 Å². The largest absolute Gasteiger partial charge is 0.327 e. The molecule has 2 atom stereocenters. The Kier molecular flexibility index (Phi) is 2.93. The van der Waals surface area contributed by atoms with Crippen LogP contribution in [0, 0.1) is 0 Å². The number of rotatable bonds is 2. The molecule has 2 N–H and O–H groups in total. The van der Waals surface area contributed by atoms with Gasteiger partial charge in [0.2, 0.25) is 0 Å². The molecule has 0 amide bonds. The summed E-state index contributed by atoms with van der Waals surface area (Å²) < 4.78 is 0. The van der Waals surface area contributed by atoms with Gasteiger partial charge < -0.3 is 5.73 Å². The van der Waals surface area contributed by atoms with E-state index < -0.39 is 0 Å². The highest BCUT2D eigenvalue weighted by Gasteiger charge is 2.24. The van der Waals surface area contributed by atoms with Crippen molar-refractivity contribution in [3.05, 3.63) is 21.4 Å². The Balaban J connectivity index is 2.33. The molecule has 0 radical (unpaired) electrons. The van der Waals surface area contributed by atoms with Gasteiger partial charge in [0.1, 0.15) is 0 Å². The Bertz CT molecular complexity index is 314. The maximum atomic E-state index is 6.04. The molecule has 0 saturated carbocycles. The van der Waals surface area contributed by atoms with Gasteiger partial charge in [0, 0.05) is 15.8 Å². The number of nitrogens with two attached hydrogens (primary N) is 1. The van der Waals surface area contributed by atoms with Gasteiger partial charge in [0.15, 0.2) is 0 Å². The van der Waals surface area contributed by atoms with Crippen LogP contribution in [0.25, 0.3) is 0 Å². The van der Waals surface area contributed by atoms with Crippen LogP contribution in [0.1, 0.15) is 47.9 Å². The fraction of sp³-hybridized carbons (Fsp3) is 0.667. The van der Waals surface area contributed by atoms with Crippen LogP contribution >= 0.6 is 11.3 Å². The third kappa shape index (κ3) is 1.73. The van der Waals surface area contributed by atoms with Crippen molar-refractivity contribution >= 4 is 11.3 Å². The summed E-state index contributed by atoms with van der Waals surface area (Å²) in [4.78, 5) is 3.14. The van der Waals surface area contributed by atoms with Gasteiger partial charge in [-0.1, -0.05) is 6.92 Å². The molecule has 14 heavy (non-hydrogen) atoms. The molecule has 0 bridgehead atoms. The first-order valence-corrected chi connectivity index (χ1v) is 6.41. The maximum Gasteiger partial charge on any atom is 0.00835 e. The predicted octanol–water partition coefficient (Wildman–Crippen LogP) is 3.08. The third-order valence-corrected chi connectivity index (χ3v) is 4.55. The molecule has 2 rings (SSSR count). The van der Waals surface area contributed by atoms with E-state index in [1.807, 2.05) is 11.3 Å². The van der Waals surface area contributed by atoms with Crippen molar-refractivity contribution in [2.45, 2.75) is 51.5 Å². The third-order valence-electron chi connectivity index (χ3n) is 3.19. The lowest BCUT2D eigenvalue weighted by Gasteiger charge is -2.25. The smallest absolute Gasteiger partial charge is 0.00835 e. The molecule has 1 aliphatic carbocycles. The minimum atomic E-state index is 0.313. The summed E-state index contributed by atoms with van der Waals surface area (Å²) in [6.45, 7) is 4.38. The van der Waals surface area contributed by atoms with Crippen molar-refractivity contribution < 1.29 is 0 Å². The summed E-state index contributed by atoms with van der Waals surface area (Å²) in [5.41, 5.74) is 7.60. The molecular formula is C12H19NS. The van der Waals surface area contributed by atoms with E-state index in [1.54, 1.807) is 10.4 Å². The number of fused-ring (bicyclic) bond motifs is 1. The van der Waals surface area contributed by atoms with Crippen molar-refractivity contribution in [2.24, 2.45) is 5.73 Å². The lowest BCUT2D eigenvalue weighted by molar-refractivity contribution is 0.489. The Morgan fingerprint density at radius 3 is 3.07 bits per heavy atom. The van der Waals surface area contributed by atoms with E-state index in [9.17, 15) is 0 Å². The van der Waals surface area contributed by atoms with Crippen LogP contribution in [0.3, 0.4) is 0 Å². The fourth-order valence-electron chi connectivity index (χ4n) is 2.37. The zero-order valence-electron chi connectivity index (χ0n) is 9.05. The molecule has 0 fully saturated rings. The van der Waals surface area contributed by atoms with E-state index in [0.29, 0.717) is 12.0 Å². The molecule has 0 spiro atoms. The highest BCUT2D eigenvalue weighted by molar-refractivity contribution is 7.12. The number of hydrogen-bond acceptors (Lipinski definition) is 2. The summed E-state index contributed by atoms with van der Waals surface area (Å²) in [5.74, 6) is 0.621. The second kappa shape index (κ2) is 4.03. The topological polar surface area (TPSA) is 26.0 Å². The van der Waals surface area contributed by atoms with Gasteiger partial charge in [0.25, 0.3) is 0 Å². The van der Waals surface area contributed by atoms with E-state index in [-0.39, 0.29) is 0 Å². The molecule has 2 unspecified atom stereocenters. The summed E-state index contributed by atoms with van der Waals surface area (Å²) in [5, 5.41) is 0. The SMILES string of the molecule is CCc1cc2c(s1)CCCC2C(C)N. The van der Waals surface area contributed by atoms with Crippen LogP contribution in [-0.4, -0.2) is 6.04 Å². The van der Waals surface area contributed by atoms with E-state index in [4.69, 9.17) is 5.73 Å². The van der Waals surface area contributed by atoms with Crippen molar-refractivity contribution in [2.75, 3.05) is 0 Å². The van der Waals surface area contributed by atoms with Crippen LogP contribution in [0.15, 0.2) is 6.07 Å². The van der Waals surface area contributed by atoms with Gasteiger partial charge >= 0.3 is 0 Å². The first kappa shape index (κ1) is 10.2. The highest BCUT2D eigenvalue weighted by Crippen LogP contribution is 2.38. The number of hydrogen-bond donors (Lipinski definition) is 1. The Morgan fingerprint density at radius 2 is 2.43 bits per heavy atom. The Morgan fingerprint density at radius 1 is 1.64 bits per heavy atom. The maximum absolute atomic E-state index is 6.04. The molecule has 1 aliphatic rings. The molecule has 2 heteroatoms. The first-order chi connectivity index (χ1) is 6.72. The number of aryl methyl sites for hydroxylation is 2. The summed E-state index contributed by atoms with van der Waals surface area (Å²) in [6.07, 6.45) is 5.06. The van der Waals surface area contributed by atoms with Crippen LogP contribution in [0.2, 0.25) is 0 Å². The molecule has 0 aromatic carbocycles. The second-order valence-corrected chi connectivity index (χ2v) is 5.52. The molecule has 0 aliphatic heterocycles. The van der Waals surface area contributed by atoms with Crippen molar-refractivity contribution in [1.82, 2.24) is 0 Å². The summed E-state index contributed by atoms with van der Waals surface area (Å²) in [6, 6.07) is 2.71. The average Bonchev–Trinajstić information content (AvgIpc) is 2.59. The fourth-order valence-corrected chi connectivity index (χ4v) is 3.59. The van der Waals surface area contributed by atoms with Gasteiger partial charge in [0.05, 0.1) is 0 Å². The lowest BCUT2D eigenvalue weighted by atomic mass is 9.83. The predicted molar refractivity (Wildman–Crippen MR) is 63.0 cm³/mol. The van der Waals surface area contributed by atoms with Crippen LogP contribution in [0.4, 0.5) is 0 Å². The Hall–Kier alpha value is -0.340. The van der Waals surface area contributed by atoms with E-state index in [1.165, 1.54) is 30.6 Å². The first-order valence-electron chi connectivity index (χ1n) is 5.59. The molecule has 1 aromatic heterocycles. The summed E-state index contributed by atoms with van der Waals surface area (Å²) in [7, 11) is 0. The van der Waals surface area contributed by atoms with Crippen LogP contribution in [0.5, 0.6) is 0 Å². The minimum Gasteiger partial charge on any atom is -0.327 e. The quantitative estimate of drug-likeness (QED) is 0.796. The van der Waals surface area contributed by atoms with Gasteiger partial charge in [-0.3, -0.25) is 0 Å². The van der Waals surface area contributed by atoms with Crippen molar-refractivity contribution in [3.8, 4) is 0 Å². The normalized spacial score (nSPS) is 23.2. The zero-order valence-corrected chi connectivity index (χ0v) is 9.86. The monoisotopic (exact) mass is 209 g/mol. The van der Waals surface area contributed by atoms with E-state index in [0.717, 1.165) is 0 Å². The molecule has 0 saturated heterocycles. The lowest BCUT2D eigenvalue weighted by Crippen LogP contribution is -2.27. The standard InChI is InChI=1S/C12H19NS/c1-3-9-7-11-10(8(2)13)5-4-6-12(11)14-9/h7-8,10H,3-6,13H2,1-2H3. The van der Waals surface area contributed by atoms with Crippen LogP contribution in [-0.2, 0) is 12.8 Å². The van der Waals surface area contributed by atoms with Gasteiger partial charge in [-0.25, -0.2) is 0 Å². The Labute approximate surface area is 90.3 Å². The highest BCUT2D eigenvalue weighted by atomic mass is 32.1. The number of thiophene rings is 1. The molecule has 1 aromatic rings.